The van der Waals surface area contributed by atoms with Crippen LogP contribution in [0.25, 0.3) is 6.08 Å². The lowest BCUT2D eigenvalue weighted by Crippen LogP contribution is -2.28. The van der Waals surface area contributed by atoms with E-state index in [4.69, 9.17) is 10.1 Å². The van der Waals surface area contributed by atoms with E-state index < -0.39 is 5.97 Å². The maximum atomic E-state index is 13.5. The van der Waals surface area contributed by atoms with Gasteiger partial charge in [-0.05, 0) is 110 Å². The predicted molar refractivity (Wildman–Crippen MR) is 135 cm³/mol. The topological polar surface area (TPSA) is 70.0 Å². The number of carboxylic acid groups (broad SMARTS) is 1. The van der Waals surface area contributed by atoms with Crippen molar-refractivity contribution in [2.45, 2.75) is 27.7 Å². The molecule has 5 nitrogen and oxygen atoms in total. The van der Waals surface area contributed by atoms with Crippen molar-refractivity contribution in [3.05, 3.63) is 98.9 Å². The summed E-state index contributed by atoms with van der Waals surface area (Å²) in [5, 5.41) is 9.70. The number of thioether (sulfide) groups is 1. The Morgan fingerprint density at radius 3 is 2.12 bits per heavy atom. The molecule has 33 heavy (non-hydrogen) atoms. The number of rotatable bonds is 4. The predicted octanol–water partition coefficient (Wildman–Crippen LogP) is 6.43. The monoisotopic (exact) mass is 456 g/mol. The molecule has 1 N–H and O–H groups in total. The van der Waals surface area contributed by atoms with Gasteiger partial charge in [0.15, 0.2) is 5.17 Å². The first-order valence-electron chi connectivity index (χ1n) is 10.5. The van der Waals surface area contributed by atoms with Crippen molar-refractivity contribution < 1.29 is 14.7 Å². The van der Waals surface area contributed by atoms with Crippen LogP contribution in [0.1, 0.15) is 38.2 Å². The molecule has 0 saturated carbocycles. The number of benzene rings is 3. The van der Waals surface area contributed by atoms with Gasteiger partial charge in [0.2, 0.25) is 0 Å². The third-order valence-corrected chi connectivity index (χ3v) is 6.69. The average molecular weight is 457 g/mol. The molecule has 1 saturated heterocycles. The van der Waals surface area contributed by atoms with E-state index in [0.29, 0.717) is 10.1 Å². The molecule has 0 bridgehead atoms. The molecule has 0 unspecified atom stereocenters. The summed E-state index contributed by atoms with van der Waals surface area (Å²) in [6, 6.07) is 18.4. The van der Waals surface area contributed by atoms with Crippen molar-refractivity contribution in [2.75, 3.05) is 4.90 Å². The molecule has 1 aliphatic heterocycles. The molecule has 0 spiro atoms. The van der Waals surface area contributed by atoms with Gasteiger partial charge in [0.05, 0.1) is 21.8 Å². The van der Waals surface area contributed by atoms with Crippen LogP contribution in [-0.2, 0) is 4.79 Å². The minimum Gasteiger partial charge on any atom is -0.478 e. The number of aromatic carboxylic acids is 1. The minimum absolute atomic E-state index is 0.159. The van der Waals surface area contributed by atoms with Gasteiger partial charge in [0.1, 0.15) is 0 Å². The van der Waals surface area contributed by atoms with Crippen molar-refractivity contribution in [1.82, 2.24) is 0 Å². The fourth-order valence-electron chi connectivity index (χ4n) is 3.42. The lowest BCUT2D eigenvalue weighted by Gasteiger charge is -2.17. The smallest absolute Gasteiger partial charge is 0.335 e. The number of carboxylic acids is 1. The molecule has 3 aromatic carbocycles. The van der Waals surface area contributed by atoms with Crippen LogP contribution in [0.2, 0.25) is 0 Å². The van der Waals surface area contributed by atoms with E-state index in [1.165, 1.54) is 29.5 Å². The third-order valence-electron chi connectivity index (χ3n) is 5.73. The van der Waals surface area contributed by atoms with E-state index in [9.17, 15) is 9.59 Å². The third kappa shape index (κ3) is 4.76. The Kier molecular flexibility index (Phi) is 6.20. The molecule has 0 aromatic heterocycles. The Morgan fingerprint density at radius 1 is 0.879 bits per heavy atom. The number of anilines is 1. The molecule has 0 atom stereocenters. The summed E-state index contributed by atoms with van der Waals surface area (Å²) in [6.45, 7) is 8.15. The van der Waals surface area contributed by atoms with Gasteiger partial charge in [0, 0.05) is 0 Å². The fraction of sp³-hybridized carbons (Fsp3) is 0.148. The van der Waals surface area contributed by atoms with Gasteiger partial charge in [-0.3, -0.25) is 9.69 Å². The summed E-state index contributed by atoms with van der Waals surface area (Å²) in [6.07, 6.45) is 1.77. The van der Waals surface area contributed by atoms with E-state index in [1.807, 2.05) is 57.2 Å². The van der Waals surface area contributed by atoms with Gasteiger partial charge in [-0.1, -0.05) is 24.3 Å². The zero-order valence-electron chi connectivity index (χ0n) is 18.9. The second-order valence-corrected chi connectivity index (χ2v) is 9.12. The highest BCUT2D eigenvalue weighted by Gasteiger charge is 2.35. The van der Waals surface area contributed by atoms with Gasteiger partial charge < -0.3 is 5.11 Å². The number of aryl methyl sites for hydroxylation is 4. The Balaban J connectivity index is 1.77. The molecular weight excluding hydrogens is 432 g/mol. The molecule has 3 aromatic rings. The summed E-state index contributed by atoms with van der Waals surface area (Å²) >= 11 is 1.31. The van der Waals surface area contributed by atoms with Crippen LogP contribution in [0.5, 0.6) is 0 Å². The molecule has 166 valence electrons. The number of aliphatic imine (C=N–C) groups is 1. The van der Waals surface area contributed by atoms with Crippen LogP contribution in [0.4, 0.5) is 11.4 Å². The van der Waals surface area contributed by atoms with Crippen LogP contribution < -0.4 is 4.90 Å². The number of carbonyl (C=O) groups is 2. The highest BCUT2D eigenvalue weighted by Crippen LogP contribution is 2.38. The highest BCUT2D eigenvalue weighted by molar-refractivity contribution is 8.19. The normalized spacial score (nSPS) is 16.1. The van der Waals surface area contributed by atoms with Gasteiger partial charge in [0.25, 0.3) is 5.91 Å². The number of amidine groups is 1. The van der Waals surface area contributed by atoms with Crippen molar-refractivity contribution in [3.8, 4) is 0 Å². The van der Waals surface area contributed by atoms with E-state index in [1.54, 1.807) is 23.1 Å². The zero-order chi connectivity index (χ0) is 23.7. The quantitative estimate of drug-likeness (QED) is 0.460. The summed E-state index contributed by atoms with van der Waals surface area (Å²) in [7, 11) is 0. The minimum atomic E-state index is -0.982. The maximum Gasteiger partial charge on any atom is 0.335 e. The first-order chi connectivity index (χ1) is 15.7. The first-order valence-corrected chi connectivity index (χ1v) is 11.3. The summed E-state index contributed by atoms with van der Waals surface area (Å²) in [5.74, 6) is -1.14. The molecule has 0 aliphatic carbocycles. The van der Waals surface area contributed by atoms with Crippen LogP contribution in [0.3, 0.4) is 0 Å². The van der Waals surface area contributed by atoms with Crippen LogP contribution >= 0.6 is 11.8 Å². The molecule has 1 heterocycles. The molecule has 4 rings (SSSR count). The van der Waals surface area contributed by atoms with Gasteiger partial charge in [-0.25, -0.2) is 9.79 Å². The summed E-state index contributed by atoms with van der Waals surface area (Å²) < 4.78 is 0. The SMILES string of the molecule is Cc1ccc(N=C2S/C(=C\c3ccc(C(=O)O)cc3)C(=O)N2c2ccc(C)c(C)c2)cc1C. The van der Waals surface area contributed by atoms with Crippen molar-refractivity contribution in [3.63, 3.8) is 0 Å². The van der Waals surface area contributed by atoms with E-state index in [0.717, 1.165) is 33.6 Å². The van der Waals surface area contributed by atoms with Crippen LogP contribution in [0, 0.1) is 27.7 Å². The standard InChI is InChI=1S/C27H24N2O3S/c1-16-5-11-22(13-18(16)3)28-27-29(23-12-6-17(2)19(4)14-23)25(30)24(33-27)15-20-7-9-21(10-8-20)26(31)32/h5-15H,1-4H3,(H,31,32)/b24-15-,28-27?. The number of nitrogens with zero attached hydrogens (tertiary/aromatic N) is 2. The van der Waals surface area contributed by atoms with Crippen molar-refractivity contribution >= 4 is 46.3 Å². The fourth-order valence-corrected chi connectivity index (χ4v) is 4.42. The zero-order valence-corrected chi connectivity index (χ0v) is 19.7. The number of hydrogen-bond acceptors (Lipinski definition) is 4. The van der Waals surface area contributed by atoms with Crippen LogP contribution in [-0.4, -0.2) is 22.2 Å². The number of carbonyl (C=O) groups excluding carboxylic acids is 1. The Hall–Kier alpha value is -3.64. The molecule has 1 aliphatic rings. The molecule has 1 fully saturated rings. The van der Waals surface area contributed by atoms with E-state index in [2.05, 4.69) is 6.92 Å². The first kappa shape index (κ1) is 22.6. The van der Waals surface area contributed by atoms with Crippen LogP contribution in [0.15, 0.2) is 70.6 Å². The average Bonchev–Trinajstić information content (AvgIpc) is 3.07. The number of amides is 1. The lowest BCUT2D eigenvalue weighted by molar-refractivity contribution is -0.113. The molecule has 0 radical (unpaired) electrons. The second kappa shape index (κ2) is 9.08. The van der Waals surface area contributed by atoms with Gasteiger partial charge in [-0.2, -0.15) is 0 Å². The molecule has 1 amide bonds. The Bertz CT molecular complexity index is 1320. The van der Waals surface area contributed by atoms with E-state index in [-0.39, 0.29) is 11.5 Å². The Morgan fingerprint density at radius 2 is 1.52 bits per heavy atom. The second-order valence-electron chi connectivity index (χ2n) is 8.11. The molecular formula is C27H24N2O3S. The van der Waals surface area contributed by atoms with Crippen molar-refractivity contribution in [1.29, 1.82) is 0 Å². The summed E-state index contributed by atoms with van der Waals surface area (Å²) in [5.41, 5.74) is 7.08. The number of hydrogen-bond donors (Lipinski definition) is 1. The highest BCUT2D eigenvalue weighted by atomic mass is 32.2. The van der Waals surface area contributed by atoms with E-state index >= 15 is 0 Å². The largest absolute Gasteiger partial charge is 0.478 e. The maximum absolute atomic E-state index is 13.5. The van der Waals surface area contributed by atoms with Gasteiger partial charge in [-0.15, -0.1) is 0 Å². The Labute approximate surface area is 197 Å². The summed E-state index contributed by atoms with van der Waals surface area (Å²) in [4.78, 5) is 31.6. The van der Waals surface area contributed by atoms with Gasteiger partial charge >= 0.3 is 5.97 Å². The lowest BCUT2D eigenvalue weighted by atomic mass is 10.1. The van der Waals surface area contributed by atoms with Crippen molar-refractivity contribution in [2.24, 2.45) is 4.99 Å². The molecule has 6 heteroatoms.